The lowest BCUT2D eigenvalue weighted by Crippen LogP contribution is -2.29. The van der Waals surface area contributed by atoms with Crippen molar-refractivity contribution in [2.24, 2.45) is 0 Å². The molecule has 21 heavy (non-hydrogen) atoms. The van der Waals surface area contributed by atoms with Gasteiger partial charge >= 0.3 is 0 Å². The van der Waals surface area contributed by atoms with Crippen LogP contribution in [0, 0.1) is 0 Å². The third kappa shape index (κ3) is 2.96. The molecule has 3 nitrogen and oxygen atoms in total. The molecule has 1 aromatic carbocycles. The van der Waals surface area contributed by atoms with Crippen molar-refractivity contribution in [2.45, 2.75) is 13.5 Å². The number of carbonyl (C=O) groups is 1. The van der Waals surface area contributed by atoms with E-state index in [0.29, 0.717) is 18.7 Å². The average Bonchev–Trinajstić information content (AvgIpc) is 3.11. The van der Waals surface area contributed by atoms with E-state index in [9.17, 15) is 4.79 Å². The molecule has 2 heterocycles. The Kier molecular flexibility index (Phi) is 3.99. The van der Waals surface area contributed by atoms with Crippen molar-refractivity contribution in [1.29, 1.82) is 0 Å². The zero-order chi connectivity index (χ0) is 14.8. The molecule has 0 spiro atoms. The molecule has 0 saturated heterocycles. The molecule has 0 radical (unpaired) electrons. The Bertz CT molecular complexity index is 777. The van der Waals surface area contributed by atoms with E-state index in [1.54, 1.807) is 0 Å². The fourth-order valence-corrected chi connectivity index (χ4v) is 3.42. The van der Waals surface area contributed by atoms with E-state index in [1.807, 2.05) is 54.4 Å². The molecule has 3 rings (SSSR count). The van der Waals surface area contributed by atoms with Gasteiger partial charge in [0.1, 0.15) is 0 Å². The van der Waals surface area contributed by atoms with Gasteiger partial charge in [0.2, 0.25) is 0 Å². The van der Waals surface area contributed by atoms with Crippen LogP contribution >= 0.6 is 22.9 Å². The van der Waals surface area contributed by atoms with Crippen molar-refractivity contribution in [3.05, 3.63) is 57.4 Å². The number of fused-ring (bicyclic) bond motifs is 1. The van der Waals surface area contributed by atoms with Crippen LogP contribution in [0.25, 0.3) is 10.9 Å². The van der Waals surface area contributed by atoms with Crippen LogP contribution in [0.1, 0.15) is 22.2 Å². The number of halogens is 1. The van der Waals surface area contributed by atoms with E-state index in [1.165, 1.54) is 11.3 Å². The maximum absolute atomic E-state index is 12.6. The molecule has 1 amide bonds. The minimum Gasteiger partial charge on any atom is -0.361 e. The fraction of sp³-hybridized carbons (Fsp3) is 0.188. The molecule has 5 heteroatoms. The lowest BCUT2D eigenvalue weighted by molar-refractivity contribution is 0.0754. The van der Waals surface area contributed by atoms with E-state index >= 15 is 0 Å². The number of aromatic amines is 1. The quantitative estimate of drug-likeness (QED) is 0.753. The molecule has 0 atom stereocenters. The first-order valence-corrected chi connectivity index (χ1v) is 7.97. The minimum absolute atomic E-state index is 0.0464. The number of benzene rings is 1. The third-order valence-electron chi connectivity index (χ3n) is 3.44. The average molecular weight is 319 g/mol. The van der Waals surface area contributed by atoms with Gasteiger partial charge in [0.25, 0.3) is 5.91 Å². The number of hydrogen-bond acceptors (Lipinski definition) is 2. The van der Waals surface area contributed by atoms with Gasteiger partial charge in [-0.25, -0.2) is 0 Å². The van der Waals surface area contributed by atoms with E-state index in [4.69, 9.17) is 11.6 Å². The van der Waals surface area contributed by atoms with Crippen LogP contribution in [0.4, 0.5) is 0 Å². The molecule has 2 aromatic heterocycles. The SMILES string of the molecule is CCN(Cc1ccc(Cl)s1)C(=O)c1ccc2[nH]ccc2c1. The van der Waals surface area contributed by atoms with Gasteiger partial charge in [0.05, 0.1) is 10.9 Å². The Balaban J connectivity index is 1.83. The Morgan fingerprint density at radius 1 is 1.29 bits per heavy atom. The Hall–Kier alpha value is -1.78. The predicted octanol–water partition coefficient (Wildman–Crippen LogP) is 4.55. The summed E-state index contributed by atoms with van der Waals surface area (Å²) in [6.07, 6.45) is 1.88. The van der Waals surface area contributed by atoms with Gasteiger partial charge < -0.3 is 9.88 Å². The van der Waals surface area contributed by atoms with Crippen LogP contribution in [0.3, 0.4) is 0 Å². The molecule has 0 saturated carbocycles. The highest BCUT2D eigenvalue weighted by Crippen LogP contribution is 2.23. The van der Waals surface area contributed by atoms with Crippen LogP contribution in [-0.2, 0) is 6.54 Å². The van der Waals surface area contributed by atoms with Crippen LogP contribution in [0.15, 0.2) is 42.6 Å². The molecule has 0 aliphatic rings. The predicted molar refractivity (Wildman–Crippen MR) is 88.0 cm³/mol. The van der Waals surface area contributed by atoms with Crippen LogP contribution in [-0.4, -0.2) is 22.3 Å². The summed E-state index contributed by atoms with van der Waals surface area (Å²) in [4.78, 5) is 18.7. The molecule has 0 aliphatic heterocycles. The monoisotopic (exact) mass is 318 g/mol. The molecule has 3 aromatic rings. The van der Waals surface area contributed by atoms with Gasteiger partial charge in [-0.15, -0.1) is 11.3 Å². The Labute approximate surface area is 132 Å². The van der Waals surface area contributed by atoms with Crippen LogP contribution in [0.5, 0.6) is 0 Å². The molecule has 1 N–H and O–H groups in total. The highest BCUT2D eigenvalue weighted by Gasteiger charge is 2.16. The van der Waals surface area contributed by atoms with Gasteiger partial charge in [-0.05, 0) is 43.3 Å². The number of nitrogens with one attached hydrogen (secondary N) is 1. The second-order valence-electron chi connectivity index (χ2n) is 4.80. The first-order chi connectivity index (χ1) is 10.2. The van der Waals surface area contributed by atoms with E-state index in [0.717, 1.165) is 20.1 Å². The minimum atomic E-state index is 0.0464. The van der Waals surface area contributed by atoms with E-state index < -0.39 is 0 Å². The number of aromatic nitrogens is 1. The summed E-state index contributed by atoms with van der Waals surface area (Å²) < 4.78 is 0.752. The number of H-pyrrole nitrogens is 1. The zero-order valence-electron chi connectivity index (χ0n) is 11.6. The highest BCUT2D eigenvalue weighted by molar-refractivity contribution is 7.16. The third-order valence-corrected chi connectivity index (χ3v) is 4.66. The number of hydrogen-bond donors (Lipinski definition) is 1. The lowest BCUT2D eigenvalue weighted by atomic mass is 10.1. The first kappa shape index (κ1) is 14.2. The number of rotatable bonds is 4. The summed E-state index contributed by atoms with van der Waals surface area (Å²) in [7, 11) is 0. The molecular weight excluding hydrogens is 304 g/mol. The van der Waals surface area contributed by atoms with Crippen LogP contribution in [0.2, 0.25) is 4.34 Å². The maximum atomic E-state index is 12.6. The maximum Gasteiger partial charge on any atom is 0.254 e. The number of amides is 1. The highest BCUT2D eigenvalue weighted by atomic mass is 35.5. The normalized spacial score (nSPS) is 11.0. The van der Waals surface area contributed by atoms with Crippen molar-refractivity contribution < 1.29 is 4.79 Å². The van der Waals surface area contributed by atoms with Gasteiger partial charge in [0.15, 0.2) is 0 Å². The van der Waals surface area contributed by atoms with Gasteiger partial charge in [0, 0.05) is 34.1 Å². The number of carbonyl (C=O) groups excluding carboxylic acids is 1. The molecule has 0 aliphatic carbocycles. The zero-order valence-corrected chi connectivity index (χ0v) is 13.2. The van der Waals surface area contributed by atoms with Gasteiger partial charge in [-0.2, -0.15) is 0 Å². The second kappa shape index (κ2) is 5.92. The van der Waals surface area contributed by atoms with Crippen molar-refractivity contribution in [2.75, 3.05) is 6.54 Å². The van der Waals surface area contributed by atoms with Gasteiger partial charge in [-0.1, -0.05) is 11.6 Å². The fourth-order valence-electron chi connectivity index (χ4n) is 2.32. The molecule has 0 fully saturated rings. The van der Waals surface area contributed by atoms with Crippen molar-refractivity contribution >= 4 is 39.7 Å². The van der Waals surface area contributed by atoms with Crippen LogP contribution < -0.4 is 0 Å². The Morgan fingerprint density at radius 3 is 2.86 bits per heavy atom. The molecular formula is C16H15ClN2OS. The molecule has 0 bridgehead atoms. The summed E-state index contributed by atoms with van der Waals surface area (Å²) >= 11 is 7.46. The molecule has 108 valence electrons. The number of thiophene rings is 1. The topological polar surface area (TPSA) is 36.1 Å². The van der Waals surface area contributed by atoms with E-state index in [-0.39, 0.29) is 5.91 Å². The standard InChI is InChI=1S/C16H15ClN2OS/c1-2-19(10-13-4-6-15(17)21-13)16(20)12-3-5-14-11(9-12)7-8-18-14/h3-9,18H,2,10H2,1H3. The summed E-state index contributed by atoms with van der Waals surface area (Å²) in [6.45, 7) is 3.25. The van der Waals surface area contributed by atoms with E-state index in [2.05, 4.69) is 4.98 Å². The summed E-state index contributed by atoms with van der Waals surface area (Å²) in [5, 5.41) is 1.05. The smallest absolute Gasteiger partial charge is 0.254 e. The Morgan fingerprint density at radius 2 is 2.14 bits per heavy atom. The molecule has 0 unspecified atom stereocenters. The number of nitrogens with zero attached hydrogens (tertiary/aromatic N) is 1. The lowest BCUT2D eigenvalue weighted by Gasteiger charge is -2.20. The van der Waals surface area contributed by atoms with Crippen molar-refractivity contribution in [1.82, 2.24) is 9.88 Å². The van der Waals surface area contributed by atoms with Gasteiger partial charge in [-0.3, -0.25) is 4.79 Å². The summed E-state index contributed by atoms with van der Waals surface area (Å²) in [5.41, 5.74) is 1.76. The van der Waals surface area contributed by atoms with Crippen molar-refractivity contribution in [3.63, 3.8) is 0 Å². The summed E-state index contributed by atoms with van der Waals surface area (Å²) in [5.74, 6) is 0.0464. The summed E-state index contributed by atoms with van der Waals surface area (Å²) in [6, 6.07) is 11.5. The largest absolute Gasteiger partial charge is 0.361 e. The second-order valence-corrected chi connectivity index (χ2v) is 6.60. The first-order valence-electron chi connectivity index (χ1n) is 6.78. The van der Waals surface area contributed by atoms with Crippen molar-refractivity contribution in [3.8, 4) is 0 Å².